The van der Waals surface area contributed by atoms with E-state index < -0.39 is 17.1 Å². The van der Waals surface area contributed by atoms with Gasteiger partial charge in [-0.15, -0.1) is 11.8 Å². The van der Waals surface area contributed by atoms with Gasteiger partial charge in [0, 0.05) is 20.6 Å². The first-order chi connectivity index (χ1) is 22.3. The number of rotatable bonds is 10. The van der Waals surface area contributed by atoms with E-state index in [1.165, 1.54) is 17.8 Å². The van der Waals surface area contributed by atoms with Crippen LogP contribution in [0.25, 0.3) is 6.08 Å². The molecule has 0 saturated heterocycles. The Morgan fingerprint density at radius 2 is 1.37 bits per heavy atom. The van der Waals surface area contributed by atoms with Crippen molar-refractivity contribution in [3.63, 3.8) is 0 Å². The number of carbonyl (C=O) groups excluding carboxylic acids is 3. The Kier molecular flexibility index (Phi) is 11.3. The summed E-state index contributed by atoms with van der Waals surface area (Å²) in [5, 5.41) is 8.57. The van der Waals surface area contributed by atoms with Crippen LogP contribution < -0.4 is 16.0 Å². The van der Waals surface area contributed by atoms with E-state index in [1.807, 2.05) is 66.7 Å². The van der Waals surface area contributed by atoms with Gasteiger partial charge in [0.1, 0.15) is 10.9 Å². The van der Waals surface area contributed by atoms with E-state index in [-0.39, 0.29) is 16.6 Å². The number of carbonyl (C=O) groups is 3. The Bertz CT molecular complexity index is 1890. The van der Waals surface area contributed by atoms with Crippen LogP contribution in [0, 0.1) is 0 Å². The molecular formula is C36H26BrCl2N3O3S. The molecule has 0 radical (unpaired) electrons. The first-order valence-corrected chi connectivity index (χ1v) is 16.4. The van der Waals surface area contributed by atoms with Gasteiger partial charge in [0.15, 0.2) is 0 Å². The fourth-order valence-corrected chi connectivity index (χ4v) is 6.11. The monoisotopic (exact) mass is 729 g/mol. The van der Waals surface area contributed by atoms with Crippen LogP contribution in [0.1, 0.15) is 26.7 Å². The third kappa shape index (κ3) is 8.68. The molecule has 0 spiro atoms. The highest BCUT2D eigenvalue weighted by Gasteiger charge is 2.23. The summed E-state index contributed by atoms with van der Waals surface area (Å²) in [5.74, 6) is -1.19. The molecule has 3 N–H and O–H groups in total. The zero-order valence-corrected chi connectivity index (χ0v) is 28.0. The summed E-state index contributed by atoms with van der Waals surface area (Å²) >= 11 is 17.4. The zero-order chi connectivity index (χ0) is 32.5. The van der Waals surface area contributed by atoms with Gasteiger partial charge in [0.2, 0.25) is 5.91 Å². The minimum atomic E-state index is -0.560. The molecule has 0 aromatic heterocycles. The average Bonchev–Trinajstić information content (AvgIpc) is 3.07. The summed E-state index contributed by atoms with van der Waals surface area (Å²) in [6.07, 6.45) is 1.47. The molecule has 5 aromatic carbocycles. The first-order valence-electron chi connectivity index (χ1n) is 14.0. The minimum absolute atomic E-state index is 0.0237. The molecular weight excluding hydrogens is 705 g/mol. The quantitative estimate of drug-likeness (QED) is 0.0987. The molecule has 3 amide bonds. The van der Waals surface area contributed by atoms with Crippen molar-refractivity contribution in [1.29, 1.82) is 0 Å². The average molecular weight is 731 g/mol. The number of halogens is 3. The summed E-state index contributed by atoms with van der Waals surface area (Å²) in [6.45, 7) is 0. The molecule has 0 aliphatic rings. The Hall–Kier alpha value is -4.34. The van der Waals surface area contributed by atoms with Crippen molar-refractivity contribution in [2.24, 2.45) is 0 Å². The lowest BCUT2D eigenvalue weighted by Gasteiger charge is -2.18. The van der Waals surface area contributed by atoms with E-state index in [1.54, 1.807) is 60.7 Å². The van der Waals surface area contributed by atoms with Crippen molar-refractivity contribution in [2.75, 3.05) is 10.6 Å². The van der Waals surface area contributed by atoms with Gasteiger partial charge in [-0.05, 0) is 87.7 Å². The normalized spacial score (nSPS) is 11.8. The van der Waals surface area contributed by atoms with Gasteiger partial charge in [0.25, 0.3) is 11.8 Å². The summed E-state index contributed by atoms with van der Waals surface area (Å²) in [5.41, 5.74) is 2.83. The number of para-hydroxylation sites is 1. The number of hydrogen-bond acceptors (Lipinski definition) is 4. The first kappa shape index (κ1) is 33.0. The third-order valence-corrected chi connectivity index (χ3v) is 9.44. The van der Waals surface area contributed by atoms with Crippen molar-refractivity contribution in [2.45, 2.75) is 10.1 Å². The van der Waals surface area contributed by atoms with Crippen LogP contribution in [0.2, 0.25) is 10.0 Å². The number of benzene rings is 5. The van der Waals surface area contributed by atoms with Gasteiger partial charge in [-0.25, -0.2) is 0 Å². The lowest BCUT2D eigenvalue weighted by molar-refractivity contribution is -0.116. The molecule has 5 rings (SSSR count). The van der Waals surface area contributed by atoms with Crippen LogP contribution in [0.4, 0.5) is 11.4 Å². The van der Waals surface area contributed by atoms with Crippen molar-refractivity contribution in [3.8, 4) is 0 Å². The van der Waals surface area contributed by atoms with E-state index in [9.17, 15) is 14.4 Å². The molecule has 5 aromatic rings. The molecule has 46 heavy (non-hydrogen) atoms. The zero-order valence-electron chi connectivity index (χ0n) is 24.0. The maximum Gasteiger partial charge on any atom is 0.272 e. The van der Waals surface area contributed by atoms with Gasteiger partial charge < -0.3 is 16.0 Å². The SMILES string of the molecule is O=C(Nc1ccc(SC(C(=O)Nc2ccccc2Br)c2ccccc2)cc1)/C(=C/c1cccc(Cl)c1Cl)NC(=O)c1ccccc1. The maximum absolute atomic E-state index is 13.5. The lowest BCUT2D eigenvalue weighted by atomic mass is 10.1. The second kappa shape index (κ2) is 15.8. The number of thioether (sulfide) groups is 1. The van der Waals surface area contributed by atoms with Crippen molar-refractivity contribution >= 4 is 86.1 Å². The van der Waals surface area contributed by atoms with E-state index in [0.29, 0.717) is 27.5 Å². The molecule has 10 heteroatoms. The maximum atomic E-state index is 13.5. The van der Waals surface area contributed by atoms with Gasteiger partial charge in [-0.2, -0.15) is 0 Å². The molecule has 0 fully saturated rings. The largest absolute Gasteiger partial charge is 0.324 e. The van der Waals surface area contributed by atoms with Gasteiger partial charge in [-0.1, -0.05) is 96.0 Å². The van der Waals surface area contributed by atoms with Crippen LogP contribution in [0.15, 0.2) is 142 Å². The summed E-state index contributed by atoms with van der Waals surface area (Å²) in [6, 6.07) is 37.6. The third-order valence-electron chi connectivity index (χ3n) is 6.65. The van der Waals surface area contributed by atoms with Crippen molar-refractivity contribution in [3.05, 3.63) is 164 Å². The molecule has 1 atom stereocenters. The highest BCUT2D eigenvalue weighted by atomic mass is 79.9. The number of amides is 3. The van der Waals surface area contributed by atoms with E-state index in [2.05, 4.69) is 31.9 Å². The van der Waals surface area contributed by atoms with Gasteiger partial charge in [0.05, 0.1) is 15.7 Å². The lowest BCUT2D eigenvalue weighted by Crippen LogP contribution is -2.30. The Morgan fingerprint density at radius 3 is 2.07 bits per heavy atom. The van der Waals surface area contributed by atoms with Crippen molar-refractivity contribution < 1.29 is 14.4 Å². The summed E-state index contributed by atoms with van der Waals surface area (Å²) in [4.78, 5) is 40.8. The smallest absolute Gasteiger partial charge is 0.272 e. The number of anilines is 2. The predicted octanol–water partition coefficient (Wildman–Crippen LogP) is 9.64. The fourth-order valence-electron chi connectivity index (χ4n) is 4.34. The molecule has 0 heterocycles. The highest BCUT2D eigenvalue weighted by molar-refractivity contribution is 9.10. The summed E-state index contributed by atoms with van der Waals surface area (Å²) < 4.78 is 0.784. The summed E-state index contributed by atoms with van der Waals surface area (Å²) in [7, 11) is 0. The number of nitrogens with one attached hydrogen (secondary N) is 3. The molecule has 1 unspecified atom stereocenters. The van der Waals surface area contributed by atoms with Crippen LogP contribution in [-0.2, 0) is 9.59 Å². The molecule has 0 aliphatic heterocycles. The van der Waals surface area contributed by atoms with Crippen LogP contribution >= 0.6 is 50.9 Å². The van der Waals surface area contributed by atoms with Crippen LogP contribution in [-0.4, -0.2) is 17.7 Å². The van der Waals surface area contributed by atoms with Crippen LogP contribution in [0.3, 0.4) is 0 Å². The van der Waals surface area contributed by atoms with Crippen molar-refractivity contribution in [1.82, 2.24) is 5.32 Å². The molecule has 0 saturated carbocycles. The second-order valence-corrected chi connectivity index (χ2v) is 12.7. The van der Waals surface area contributed by atoms with E-state index >= 15 is 0 Å². The predicted molar refractivity (Wildman–Crippen MR) is 191 cm³/mol. The Morgan fingerprint density at radius 1 is 0.717 bits per heavy atom. The van der Waals surface area contributed by atoms with Gasteiger partial charge >= 0.3 is 0 Å². The Balaban J connectivity index is 1.35. The molecule has 230 valence electrons. The molecule has 0 aliphatic carbocycles. The number of hydrogen-bond donors (Lipinski definition) is 3. The van der Waals surface area contributed by atoms with Gasteiger partial charge in [-0.3, -0.25) is 14.4 Å². The Labute approximate surface area is 289 Å². The second-order valence-electron chi connectivity index (χ2n) is 9.88. The van der Waals surface area contributed by atoms with E-state index in [4.69, 9.17) is 23.2 Å². The minimum Gasteiger partial charge on any atom is -0.324 e. The van der Waals surface area contributed by atoms with Crippen LogP contribution in [0.5, 0.6) is 0 Å². The van der Waals surface area contributed by atoms with E-state index in [0.717, 1.165) is 14.9 Å². The standard InChI is InChI=1S/C36H26BrCl2N3O3S/c37-28-15-7-8-17-30(28)41-36(45)33(23-10-3-1-4-11-23)46-27-20-18-26(19-21-27)40-35(44)31(22-25-14-9-16-29(38)32(25)39)42-34(43)24-12-5-2-6-13-24/h1-22,33H,(H,40,44)(H,41,45)(H,42,43)/b31-22-. The topological polar surface area (TPSA) is 87.3 Å². The highest BCUT2D eigenvalue weighted by Crippen LogP contribution is 2.37. The molecule has 0 bridgehead atoms. The molecule has 6 nitrogen and oxygen atoms in total. The fraction of sp³-hybridized carbons (Fsp3) is 0.0278.